The number of hydrogen-bond donors (Lipinski definition) is 1. The molecule has 7 nitrogen and oxygen atoms in total. The van der Waals surface area contributed by atoms with Crippen LogP contribution in [0.4, 0.5) is 0 Å². The molecule has 0 aliphatic carbocycles. The molecular formula is C17H24N4O3S. The molecule has 1 amide bonds. The van der Waals surface area contributed by atoms with Crippen LogP contribution in [-0.2, 0) is 11.3 Å². The average Bonchev–Trinajstić information content (AvgIpc) is 3.07. The highest BCUT2D eigenvalue weighted by Crippen LogP contribution is 2.27. The summed E-state index contributed by atoms with van der Waals surface area (Å²) in [5.74, 6) is 1.24. The van der Waals surface area contributed by atoms with E-state index in [9.17, 15) is 4.79 Å². The first kappa shape index (κ1) is 19.1. The Morgan fingerprint density at radius 2 is 1.96 bits per heavy atom. The zero-order valence-corrected chi connectivity index (χ0v) is 16.0. The van der Waals surface area contributed by atoms with Crippen molar-refractivity contribution in [2.75, 3.05) is 14.2 Å². The third kappa shape index (κ3) is 4.88. The van der Waals surface area contributed by atoms with Crippen molar-refractivity contribution < 1.29 is 14.3 Å². The second-order valence-corrected chi connectivity index (χ2v) is 7.09. The lowest BCUT2D eigenvalue weighted by molar-refractivity contribution is -0.120. The number of thioether (sulfide) groups is 1. The van der Waals surface area contributed by atoms with Gasteiger partial charge in [0.25, 0.3) is 0 Å². The van der Waals surface area contributed by atoms with E-state index in [4.69, 9.17) is 9.47 Å². The molecule has 0 radical (unpaired) electrons. The van der Waals surface area contributed by atoms with Crippen molar-refractivity contribution in [1.29, 1.82) is 0 Å². The van der Waals surface area contributed by atoms with Gasteiger partial charge in [-0.15, -0.1) is 10.2 Å². The summed E-state index contributed by atoms with van der Waals surface area (Å²) in [5.41, 5.74) is 0.938. The number of nitrogens with zero attached hydrogens (tertiary/aromatic N) is 3. The predicted molar refractivity (Wildman–Crippen MR) is 97.1 cm³/mol. The molecule has 25 heavy (non-hydrogen) atoms. The van der Waals surface area contributed by atoms with Crippen molar-refractivity contribution in [1.82, 2.24) is 20.1 Å². The van der Waals surface area contributed by atoms with Gasteiger partial charge in [-0.25, -0.2) is 0 Å². The number of benzene rings is 1. The summed E-state index contributed by atoms with van der Waals surface area (Å²) in [6.07, 6.45) is 1.68. The number of carbonyl (C=O) groups excluding carboxylic acids is 1. The molecule has 0 unspecified atom stereocenters. The molecule has 0 spiro atoms. The molecule has 2 aromatic rings. The zero-order valence-electron chi connectivity index (χ0n) is 15.1. The summed E-state index contributed by atoms with van der Waals surface area (Å²) < 4.78 is 12.4. The standard InChI is InChI=1S/C17H24N4O3S/c1-11(2)21-10-19-20-17(21)25-12(3)16(22)18-9-13-6-7-14(23-4)15(8-13)24-5/h6-8,10-12H,9H2,1-5H3,(H,18,22)/t12-/m1/s1. The van der Waals surface area contributed by atoms with Crippen molar-refractivity contribution >= 4 is 17.7 Å². The molecule has 1 heterocycles. The predicted octanol–water partition coefficient (Wildman–Crippen LogP) is 2.67. The largest absolute Gasteiger partial charge is 0.493 e. The SMILES string of the molecule is COc1ccc(CNC(=O)[C@@H](C)Sc2nncn2C(C)C)cc1OC. The average molecular weight is 364 g/mol. The van der Waals surface area contributed by atoms with Crippen molar-refractivity contribution in [2.45, 2.75) is 43.8 Å². The second kappa shape index (κ2) is 8.75. The Kier molecular flexibility index (Phi) is 6.69. The molecule has 2 rings (SSSR count). The monoisotopic (exact) mass is 364 g/mol. The number of methoxy groups -OCH3 is 2. The smallest absolute Gasteiger partial charge is 0.233 e. The van der Waals surface area contributed by atoms with Crippen molar-refractivity contribution in [3.8, 4) is 11.5 Å². The van der Waals surface area contributed by atoms with E-state index in [0.717, 1.165) is 10.7 Å². The van der Waals surface area contributed by atoms with Gasteiger partial charge in [0.15, 0.2) is 16.7 Å². The van der Waals surface area contributed by atoms with E-state index < -0.39 is 0 Å². The molecule has 0 aliphatic rings. The first-order chi connectivity index (χ1) is 12.0. The molecule has 0 saturated carbocycles. The van der Waals surface area contributed by atoms with Crippen LogP contribution in [0, 0.1) is 0 Å². The molecule has 8 heteroatoms. The third-order valence-corrected chi connectivity index (χ3v) is 4.73. The van der Waals surface area contributed by atoms with E-state index in [1.165, 1.54) is 11.8 Å². The summed E-state index contributed by atoms with van der Waals surface area (Å²) in [5, 5.41) is 11.4. The maximum absolute atomic E-state index is 12.4. The molecule has 0 bridgehead atoms. The molecule has 0 aliphatic heterocycles. The van der Waals surface area contributed by atoms with Crippen LogP contribution >= 0.6 is 11.8 Å². The Hall–Kier alpha value is -2.22. The van der Waals surface area contributed by atoms with E-state index in [1.807, 2.05) is 29.7 Å². The number of ether oxygens (including phenoxy) is 2. The molecule has 0 fully saturated rings. The number of rotatable bonds is 8. The Labute approximate surface area is 152 Å². The Morgan fingerprint density at radius 1 is 1.24 bits per heavy atom. The lowest BCUT2D eigenvalue weighted by Gasteiger charge is -2.14. The van der Waals surface area contributed by atoms with E-state index in [-0.39, 0.29) is 17.2 Å². The second-order valence-electron chi connectivity index (χ2n) is 5.78. The summed E-state index contributed by atoms with van der Waals surface area (Å²) in [6, 6.07) is 5.82. The van der Waals surface area contributed by atoms with Gasteiger partial charge in [0.1, 0.15) is 6.33 Å². The lowest BCUT2D eigenvalue weighted by atomic mass is 10.2. The first-order valence-corrected chi connectivity index (χ1v) is 8.89. The van der Waals surface area contributed by atoms with E-state index in [2.05, 4.69) is 29.4 Å². The van der Waals surface area contributed by atoms with Gasteiger partial charge in [0.2, 0.25) is 5.91 Å². The van der Waals surface area contributed by atoms with Crippen LogP contribution in [0.2, 0.25) is 0 Å². The highest BCUT2D eigenvalue weighted by atomic mass is 32.2. The van der Waals surface area contributed by atoms with Crippen molar-refractivity contribution in [3.63, 3.8) is 0 Å². The minimum atomic E-state index is -0.276. The lowest BCUT2D eigenvalue weighted by Crippen LogP contribution is -2.30. The van der Waals surface area contributed by atoms with Crippen molar-refractivity contribution in [3.05, 3.63) is 30.1 Å². The van der Waals surface area contributed by atoms with Gasteiger partial charge in [0.05, 0.1) is 19.5 Å². The molecule has 0 saturated heterocycles. The summed E-state index contributed by atoms with van der Waals surface area (Å²) >= 11 is 1.39. The van der Waals surface area contributed by atoms with Gasteiger partial charge in [-0.1, -0.05) is 17.8 Å². The Bertz CT molecular complexity index is 718. The van der Waals surface area contributed by atoms with Gasteiger partial charge in [-0.3, -0.25) is 4.79 Å². The fourth-order valence-corrected chi connectivity index (χ4v) is 3.19. The van der Waals surface area contributed by atoms with E-state index in [0.29, 0.717) is 18.0 Å². The van der Waals surface area contributed by atoms with E-state index >= 15 is 0 Å². The topological polar surface area (TPSA) is 78.3 Å². The van der Waals surface area contributed by atoms with Crippen LogP contribution in [0.1, 0.15) is 32.4 Å². The maximum Gasteiger partial charge on any atom is 0.233 e. The minimum Gasteiger partial charge on any atom is -0.493 e. The van der Waals surface area contributed by atoms with E-state index in [1.54, 1.807) is 20.5 Å². The van der Waals surface area contributed by atoms with Crippen LogP contribution in [0.3, 0.4) is 0 Å². The van der Waals surface area contributed by atoms with Crippen LogP contribution in [-0.4, -0.2) is 40.1 Å². The Morgan fingerprint density at radius 3 is 2.60 bits per heavy atom. The van der Waals surface area contributed by atoms with Crippen LogP contribution in [0.5, 0.6) is 11.5 Å². The third-order valence-electron chi connectivity index (χ3n) is 3.66. The fraction of sp³-hybridized carbons (Fsp3) is 0.471. The molecular weight excluding hydrogens is 340 g/mol. The zero-order chi connectivity index (χ0) is 18.4. The van der Waals surface area contributed by atoms with Gasteiger partial charge in [-0.2, -0.15) is 0 Å². The minimum absolute atomic E-state index is 0.0573. The molecule has 1 aromatic heterocycles. The highest BCUT2D eigenvalue weighted by Gasteiger charge is 2.18. The highest BCUT2D eigenvalue weighted by molar-refractivity contribution is 8.00. The summed E-state index contributed by atoms with van der Waals surface area (Å²) in [6.45, 7) is 6.37. The summed E-state index contributed by atoms with van der Waals surface area (Å²) in [7, 11) is 3.18. The Balaban J connectivity index is 1.94. The number of aromatic nitrogens is 3. The maximum atomic E-state index is 12.4. The van der Waals surface area contributed by atoms with Crippen LogP contribution in [0.15, 0.2) is 29.7 Å². The molecule has 1 atom stereocenters. The number of nitrogens with one attached hydrogen (secondary N) is 1. The summed E-state index contributed by atoms with van der Waals surface area (Å²) in [4.78, 5) is 12.4. The van der Waals surface area contributed by atoms with Crippen molar-refractivity contribution in [2.24, 2.45) is 0 Å². The molecule has 1 aromatic carbocycles. The number of carbonyl (C=O) groups is 1. The van der Waals surface area contributed by atoms with Crippen LogP contribution in [0.25, 0.3) is 0 Å². The number of hydrogen-bond acceptors (Lipinski definition) is 6. The number of amides is 1. The van der Waals surface area contributed by atoms with Gasteiger partial charge >= 0.3 is 0 Å². The van der Waals surface area contributed by atoms with Gasteiger partial charge < -0.3 is 19.4 Å². The van der Waals surface area contributed by atoms with Crippen LogP contribution < -0.4 is 14.8 Å². The first-order valence-electron chi connectivity index (χ1n) is 8.01. The quantitative estimate of drug-likeness (QED) is 0.726. The van der Waals surface area contributed by atoms with Gasteiger partial charge in [-0.05, 0) is 38.5 Å². The fourth-order valence-electron chi connectivity index (χ4n) is 2.21. The molecule has 136 valence electrons. The molecule has 1 N–H and O–H groups in total. The van der Waals surface area contributed by atoms with Gasteiger partial charge in [0, 0.05) is 12.6 Å². The normalized spacial score (nSPS) is 12.1.